The van der Waals surface area contributed by atoms with Crippen LogP contribution in [0.4, 0.5) is 5.69 Å². The van der Waals surface area contributed by atoms with Crippen molar-refractivity contribution in [1.29, 1.82) is 0 Å². The van der Waals surface area contributed by atoms with E-state index in [0.29, 0.717) is 16.9 Å². The molecule has 0 radical (unpaired) electrons. The normalized spacial score (nSPS) is 11.9. The summed E-state index contributed by atoms with van der Waals surface area (Å²) in [5.41, 5.74) is 0.631. The molecule has 1 aromatic heterocycles. The lowest BCUT2D eigenvalue weighted by Crippen LogP contribution is -1.97. The van der Waals surface area contributed by atoms with E-state index in [2.05, 4.69) is 10.2 Å². The third-order valence-electron chi connectivity index (χ3n) is 4.36. The Balaban J connectivity index is 1.40. The summed E-state index contributed by atoms with van der Waals surface area (Å²) in [5.74, 6) is 0.682. The van der Waals surface area contributed by atoms with E-state index in [1.165, 1.54) is 30.0 Å². The minimum Gasteiger partial charge on any atom is -0.411 e. The molecule has 0 fully saturated rings. The number of fused-ring (bicyclic) bond motifs is 1. The van der Waals surface area contributed by atoms with Crippen LogP contribution < -0.4 is 0 Å². The molecule has 0 aliphatic rings. The van der Waals surface area contributed by atoms with Crippen LogP contribution in [0.25, 0.3) is 22.2 Å². The highest BCUT2D eigenvalue weighted by atomic mass is 32.2. The second-order valence-electron chi connectivity index (χ2n) is 6.41. The fourth-order valence-corrected chi connectivity index (χ4v) is 4.54. The summed E-state index contributed by atoms with van der Waals surface area (Å²) in [6.07, 6.45) is 1.46. The number of benzene rings is 3. The minimum absolute atomic E-state index is 0.0178. The molecule has 31 heavy (non-hydrogen) atoms. The van der Waals surface area contributed by atoms with Gasteiger partial charge in [-0.05, 0) is 35.0 Å². The molecule has 0 amide bonds. The molecule has 0 saturated heterocycles. The maximum atomic E-state index is 12.3. The van der Waals surface area contributed by atoms with Crippen LogP contribution in [0.3, 0.4) is 0 Å². The number of aromatic nitrogens is 2. The van der Waals surface area contributed by atoms with Gasteiger partial charge in [0, 0.05) is 28.9 Å². The number of nitro benzene ring substituents is 1. The molecule has 0 spiro atoms. The van der Waals surface area contributed by atoms with Gasteiger partial charge in [0.05, 0.1) is 9.82 Å². The maximum Gasteiger partial charge on any atom is 0.277 e. The average Bonchev–Trinajstić information content (AvgIpc) is 3.25. The zero-order valence-electron chi connectivity index (χ0n) is 15.9. The van der Waals surface area contributed by atoms with Gasteiger partial charge in [0.15, 0.2) is 9.84 Å². The average molecular weight is 454 g/mol. The van der Waals surface area contributed by atoms with Gasteiger partial charge in [0.25, 0.3) is 10.9 Å². The van der Waals surface area contributed by atoms with Crippen molar-refractivity contribution in [3.63, 3.8) is 0 Å². The Morgan fingerprint density at radius 2 is 1.74 bits per heavy atom. The van der Waals surface area contributed by atoms with Crippen LogP contribution in [-0.4, -0.2) is 29.3 Å². The highest BCUT2D eigenvalue weighted by Crippen LogP contribution is 2.26. The maximum absolute atomic E-state index is 12.3. The van der Waals surface area contributed by atoms with Gasteiger partial charge >= 0.3 is 0 Å². The van der Waals surface area contributed by atoms with Crippen LogP contribution in [0, 0.1) is 10.1 Å². The summed E-state index contributed by atoms with van der Waals surface area (Å²) in [7, 11) is -3.70. The lowest BCUT2D eigenvalue weighted by atomic mass is 10.1. The summed E-state index contributed by atoms with van der Waals surface area (Å²) in [5, 5.41) is 22.3. The Morgan fingerprint density at radius 1 is 1.00 bits per heavy atom. The fourth-order valence-electron chi connectivity index (χ4n) is 2.83. The van der Waals surface area contributed by atoms with E-state index >= 15 is 0 Å². The third kappa shape index (κ3) is 4.81. The molecule has 4 aromatic rings. The second kappa shape index (κ2) is 8.70. The number of thioether (sulfide) groups is 1. The van der Waals surface area contributed by atoms with Gasteiger partial charge in [-0.1, -0.05) is 48.2 Å². The number of rotatable bonds is 7. The van der Waals surface area contributed by atoms with E-state index < -0.39 is 14.8 Å². The molecule has 8 nitrogen and oxygen atoms in total. The van der Waals surface area contributed by atoms with Crippen molar-refractivity contribution in [1.82, 2.24) is 10.2 Å². The van der Waals surface area contributed by atoms with E-state index in [1.807, 2.05) is 42.5 Å². The molecule has 10 heteroatoms. The van der Waals surface area contributed by atoms with Gasteiger partial charge < -0.3 is 4.42 Å². The van der Waals surface area contributed by atoms with Crippen LogP contribution in [-0.2, 0) is 9.84 Å². The highest BCUT2D eigenvalue weighted by Gasteiger charge is 2.13. The van der Waals surface area contributed by atoms with Crippen molar-refractivity contribution in [2.24, 2.45) is 0 Å². The van der Waals surface area contributed by atoms with Gasteiger partial charge in [-0.15, -0.1) is 10.2 Å². The third-order valence-corrected chi connectivity index (χ3v) is 6.61. The SMILES string of the molecule is O=[N+]([O-])c1ccc(S(=O)(=O)C=CCSc2nnc(-c3ccc4ccccc4c3)o2)cc1. The molecular formula is C21H15N3O5S2. The largest absolute Gasteiger partial charge is 0.411 e. The molecule has 0 aliphatic heterocycles. The summed E-state index contributed by atoms with van der Waals surface area (Å²) in [4.78, 5) is 10.1. The minimum atomic E-state index is -3.70. The molecule has 1 heterocycles. The molecule has 0 atom stereocenters. The number of nitro groups is 1. The van der Waals surface area contributed by atoms with Gasteiger partial charge in [-0.25, -0.2) is 8.42 Å². The molecule has 0 unspecified atom stereocenters. The molecule has 0 N–H and O–H groups in total. The number of sulfone groups is 1. The summed E-state index contributed by atoms with van der Waals surface area (Å²) >= 11 is 1.20. The van der Waals surface area contributed by atoms with Crippen molar-refractivity contribution in [2.75, 3.05) is 5.75 Å². The van der Waals surface area contributed by atoms with E-state index in [9.17, 15) is 18.5 Å². The van der Waals surface area contributed by atoms with Crippen molar-refractivity contribution in [3.8, 4) is 11.5 Å². The van der Waals surface area contributed by atoms with Crippen molar-refractivity contribution < 1.29 is 17.8 Å². The molecule has 0 bridgehead atoms. The summed E-state index contributed by atoms with van der Waals surface area (Å²) in [6.45, 7) is 0. The first-order chi connectivity index (χ1) is 14.9. The van der Waals surface area contributed by atoms with Crippen molar-refractivity contribution in [2.45, 2.75) is 10.1 Å². The van der Waals surface area contributed by atoms with Gasteiger partial charge in [-0.3, -0.25) is 10.1 Å². The quantitative estimate of drug-likeness (QED) is 0.221. The molecule has 3 aromatic carbocycles. The fraction of sp³-hybridized carbons (Fsp3) is 0.0476. The van der Waals surface area contributed by atoms with Gasteiger partial charge in [0.1, 0.15) is 0 Å². The van der Waals surface area contributed by atoms with Gasteiger partial charge in [0.2, 0.25) is 5.89 Å². The van der Waals surface area contributed by atoms with Crippen molar-refractivity contribution >= 4 is 38.1 Å². The Labute approximate surface area is 181 Å². The highest BCUT2D eigenvalue weighted by molar-refractivity contribution is 7.99. The Hall–Kier alpha value is -3.50. The topological polar surface area (TPSA) is 116 Å². The van der Waals surface area contributed by atoms with E-state index in [1.54, 1.807) is 0 Å². The Morgan fingerprint density at radius 3 is 2.48 bits per heavy atom. The van der Waals surface area contributed by atoms with Crippen LogP contribution in [0.5, 0.6) is 0 Å². The van der Waals surface area contributed by atoms with Crippen molar-refractivity contribution in [3.05, 3.63) is 88.3 Å². The van der Waals surface area contributed by atoms with E-state index in [0.717, 1.165) is 33.9 Å². The zero-order chi connectivity index (χ0) is 21.8. The Bertz CT molecular complexity index is 1380. The van der Waals surface area contributed by atoms with Crippen LogP contribution in [0.15, 0.2) is 92.7 Å². The molecule has 156 valence electrons. The Kier molecular flexibility index (Phi) is 5.83. The molecular weight excluding hydrogens is 438 g/mol. The first-order valence-electron chi connectivity index (χ1n) is 9.04. The van der Waals surface area contributed by atoms with E-state index in [-0.39, 0.29) is 10.6 Å². The lowest BCUT2D eigenvalue weighted by molar-refractivity contribution is -0.384. The number of non-ortho nitro benzene ring substituents is 1. The number of nitrogens with zero attached hydrogens (tertiary/aromatic N) is 3. The molecule has 0 saturated carbocycles. The van der Waals surface area contributed by atoms with E-state index in [4.69, 9.17) is 4.42 Å². The monoisotopic (exact) mass is 453 g/mol. The molecule has 0 aliphatic carbocycles. The zero-order valence-corrected chi connectivity index (χ0v) is 17.5. The van der Waals surface area contributed by atoms with Gasteiger partial charge in [-0.2, -0.15) is 0 Å². The smallest absolute Gasteiger partial charge is 0.277 e. The number of hydrogen-bond acceptors (Lipinski definition) is 8. The number of hydrogen-bond donors (Lipinski definition) is 0. The predicted molar refractivity (Wildman–Crippen MR) is 117 cm³/mol. The van der Waals surface area contributed by atoms with Crippen LogP contribution >= 0.6 is 11.8 Å². The summed E-state index contributed by atoms with van der Waals surface area (Å²) < 4.78 is 30.3. The second-order valence-corrected chi connectivity index (χ2v) is 9.22. The molecule has 4 rings (SSSR count). The van der Waals surface area contributed by atoms with Crippen LogP contribution in [0.1, 0.15) is 0 Å². The summed E-state index contributed by atoms with van der Waals surface area (Å²) in [6, 6.07) is 18.5. The van der Waals surface area contributed by atoms with Crippen LogP contribution in [0.2, 0.25) is 0 Å². The standard InChI is InChI=1S/C21H15N3O5S2/c25-24(26)18-8-10-19(11-9-18)31(27,28)13-3-12-30-21-23-22-20(29-21)17-7-6-15-4-1-2-5-16(15)14-17/h1-11,13-14H,12H2. The predicted octanol–water partition coefficient (Wildman–Crippen LogP) is 4.88. The lowest BCUT2D eigenvalue weighted by Gasteiger charge is -1.99. The first kappa shape index (κ1) is 20.8. The first-order valence-corrected chi connectivity index (χ1v) is 11.6.